The van der Waals surface area contributed by atoms with Crippen molar-refractivity contribution in [3.05, 3.63) is 83.8 Å². The summed E-state index contributed by atoms with van der Waals surface area (Å²) < 4.78 is 1.01. The van der Waals surface area contributed by atoms with Crippen LogP contribution >= 0.6 is 22.9 Å². The molecule has 2 aromatic heterocycles. The van der Waals surface area contributed by atoms with Gasteiger partial charge >= 0.3 is 5.69 Å². The van der Waals surface area contributed by atoms with Crippen LogP contribution in [0.25, 0.3) is 0 Å². The van der Waals surface area contributed by atoms with Crippen LogP contribution < -0.4 is 16.6 Å². The fraction of sp³-hybridized carbons (Fsp3) is 0.118. The summed E-state index contributed by atoms with van der Waals surface area (Å²) >= 11 is 7.37. The summed E-state index contributed by atoms with van der Waals surface area (Å²) in [5, 5.41) is 4.98. The lowest BCUT2D eigenvalue weighted by Crippen LogP contribution is -2.39. The van der Waals surface area contributed by atoms with E-state index in [2.05, 4.69) is 10.3 Å². The van der Waals surface area contributed by atoms with Crippen molar-refractivity contribution in [3.63, 3.8) is 0 Å². The normalized spacial score (nSPS) is 10.6. The van der Waals surface area contributed by atoms with Gasteiger partial charge in [-0.1, -0.05) is 23.7 Å². The van der Waals surface area contributed by atoms with Crippen LogP contribution in [0.1, 0.15) is 20.8 Å². The number of nitrogens with one attached hydrogen (secondary N) is 2. The molecule has 0 unspecified atom stereocenters. The SMILES string of the molecule is Cc1ccc(Cl)cc1NC(=O)c1c[nH]c(=O)n(Cc2cccs2)c1=O. The highest BCUT2D eigenvalue weighted by Crippen LogP contribution is 2.20. The van der Waals surface area contributed by atoms with Crippen molar-refractivity contribution in [3.8, 4) is 0 Å². The Kier molecular flexibility index (Phi) is 4.87. The zero-order valence-electron chi connectivity index (χ0n) is 13.2. The Balaban J connectivity index is 1.94. The quantitative estimate of drug-likeness (QED) is 0.735. The van der Waals surface area contributed by atoms with Crippen molar-refractivity contribution in [2.75, 3.05) is 5.32 Å². The van der Waals surface area contributed by atoms with E-state index in [1.54, 1.807) is 18.2 Å². The molecule has 1 amide bonds. The minimum Gasteiger partial charge on any atom is -0.321 e. The Labute approximate surface area is 151 Å². The number of H-pyrrole nitrogens is 1. The molecule has 128 valence electrons. The maximum atomic E-state index is 12.6. The first kappa shape index (κ1) is 17.2. The maximum absolute atomic E-state index is 12.6. The number of aromatic amines is 1. The Bertz CT molecular complexity index is 1040. The summed E-state index contributed by atoms with van der Waals surface area (Å²) in [6.45, 7) is 1.93. The van der Waals surface area contributed by atoms with Crippen LogP contribution in [0.3, 0.4) is 0 Å². The average molecular weight is 376 g/mol. The van der Waals surface area contributed by atoms with Gasteiger partial charge in [-0.2, -0.15) is 0 Å². The highest BCUT2D eigenvalue weighted by Gasteiger charge is 2.16. The number of anilines is 1. The van der Waals surface area contributed by atoms with Crippen LogP contribution in [0.15, 0.2) is 51.5 Å². The molecule has 0 radical (unpaired) electrons. The van der Waals surface area contributed by atoms with Gasteiger partial charge in [-0.05, 0) is 36.1 Å². The molecule has 0 aliphatic rings. The van der Waals surface area contributed by atoms with Crippen molar-refractivity contribution >= 4 is 34.5 Å². The molecule has 0 aliphatic carbocycles. The number of aromatic nitrogens is 2. The zero-order valence-corrected chi connectivity index (χ0v) is 14.8. The topological polar surface area (TPSA) is 84.0 Å². The van der Waals surface area contributed by atoms with Gasteiger partial charge in [0.05, 0.1) is 6.54 Å². The Morgan fingerprint density at radius 1 is 1.32 bits per heavy atom. The summed E-state index contributed by atoms with van der Waals surface area (Å²) in [5.41, 5.74) is -0.0345. The lowest BCUT2D eigenvalue weighted by Gasteiger charge is -2.10. The fourth-order valence-corrected chi connectivity index (χ4v) is 3.16. The number of hydrogen-bond acceptors (Lipinski definition) is 4. The molecule has 3 rings (SSSR count). The van der Waals surface area contributed by atoms with E-state index in [9.17, 15) is 14.4 Å². The van der Waals surface area contributed by atoms with Crippen LogP contribution in [-0.4, -0.2) is 15.5 Å². The molecule has 6 nitrogen and oxygen atoms in total. The van der Waals surface area contributed by atoms with Crippen molar-refractivity contribution in [1.29, 1.82) is 0 Å². The second-order valence-electron chi connectivity index (χ2n) is 5.39. The number of aryl methyl sites for hydroxylation is 1. The molecule has 0 atom stereocenters. The van der Waals surface area contributed by atoms with E-state index >= 15 is 0 Å². The highest BCUT2D eigenvalue weighted by atomic mass is 35.5. The average Bonchev–Trinajstić information content (AvgIpc) is 3.08. The van der Waals surface area contributed by atoms with Crippen LogP contribution in [0.5, 0.6) is 0 Å². The second-order valence-corrected chi connectivity index (χ2v) is 6.86. The number of amides is 1. The van der Waals surface area contributed by atoms with Crippen LogP contribution in [0.2, 0.25) is 5.02 Å². The van der Waals surface area contributed by atoms with Crippen molar-refractivity contribution in [2.45, 2.75) is 13.5 Å². The largest absolute Gasteiger partial charge is 0.328 e. The molecule has 1 aromatic carbocycles. The number of carbonyl (C=O) groups excluding carboxylic acids is 1. The van der Waals surface area contributed by atoms with Gasteiger partial charge in [-0.25, -0.2) is 4.79 Å². The van der Waals surface area contributed by atoms with Crippen molar-refractivity contribution in [1.82, 2.24) is 9.55 Å². The van der Waals surface area contributed by atoms with E-state index in [1.165, 1.54) is 11.3 Å². The van der Waals surface area contributed by atoms with Gasteiger partial charge in [-0.15, -0.1) is 11.3 Å². The monoisotopic (exact) mass is 375 g/mol. The third-order valence-corrected chi connectivity index (χ3v) is 4.74. The molecule has 0 spiro atoms. The van der Waals surface area contributed by atoms with Gasteiger partial charge in [0.15, 0.2) is 0 Å². The van der Waals surface area contributed by atoms with E-state index in [1.807, 2.05) is 24.4 Å². The number of halogens is 1. The molecule has 8 heteroatoms. The molecule has 0 fully saturated rings. The zero-order chi connectivity index (χ0) is 18.0. The summed E-state index contributed by atoms with van der Waals surface area (Å²) in [7, 11) is 0. The van der Waals surface area contributed by atoms with E-state index in [-0.39, 0.29) is 12.1 Å². The molecule has 2 heterocycles. The smallest absolute Gasteiger partial charge is 0.321 e. The third-order valence-electron chi connectivity index (χ3n) is 3.65. The molecule has 0 saturated carbocycles. The Hall–Kier alpha value is -2.64. The molecule has 0 bridgehead atoms. The molecule has 0 saturated heterocycles. The van der Waals surface area contributed by atoms with Crippen LogP contribution in [-0.2, 0) is 6.54 Å². The van der Waals surface area contributed by atoms with Crippen LogP contribution in [0.4, 0.5) is 5.69 Å². The van der Waals surface area contributed by atoms with Crippen LogP contribution in [0, 0.1) is 6.92 Å². The number of hydrogen-bond donors (Lipinski definition) is 2. The van der Waals surface area contributed by atoms with Gasteiger partial charge in [0.25, 0.3) is 11.5 Å². The first-order valence-electron chi connectivity index (χ1n) is 7.38. The third kappa shape index (κ3) is 3.72. The minimum atomic E-state index is -0.644. The maximum Gasteiger partial charge on any atom is 0.328 e. The number of carbonyl (C=O) groups is 1. The molecule has 3 aromatic rings. The fourth-order valence-electron chi connectivity index (χ4n) is 2.29. The summed E-state index contributed by atoms with van der Waals surface area (Å²) in [5.74, 6) is -0.605. The predicted octanol–water partition coefficient (Wildman–Crippen LogP) is 2.86. The number of rotatable bonds is 4. The molecule has 25 heavy (non-hydrogen) atoms. The number of benzene rings is 1. The molecule has 0 aliphatic heterocycles. The van der Waals surface area contributed by atoms with Gasteiger partial charge in [-0.3, -0.25) is 14.2 Å². The summed E-state index contributed by atoms with van der Waals surface area (Å²) in [6.07, 6.45) is 1.13. The lowest BCUT2D eigenvalue weighted by atomic mass is 10.2. The molecule has 2 N–H and O–H groups in total. The van der Waals surface area contributed by atoms with Gasteiger partial charge in [0.1, 0.15) is 5.56 Å². The van der Waals surface area contributed by atoms with Gasteiger partial charge < -0.3 is 10.3 Å². The van der Waals surface area contributed by atoms with E-state index in [4.69, 9.17) is 11.6 Å². The Morgan fingerprint density at radius 2 is 2.12 bits per heavy atom. The molecular weight excluding hydrogens is 362 g/mol. The first-order valence-corrected chi connectivity index (χ1v) is 8.64. The summed E-state index contributed by atoms with van der Waals surface area (Å²) in [4.78, 5) is 40.3. The van der Waals surface area contributed by atoms with E-state index in [0.29, 0.717) is 10.7 Å². The summed E-state index contributed by atoms with van der Waals surface area (Å²) in [6, 6.07) is 8.72. The van der Waals surface area contributed by atoms with Crippen molar-refractivity contribution in [2.24, 2.45) is 0 Å². The standard InChI is InChI=1S/C17H14ClN3O3S/c1-10-4-5-11(18)7-14(10)20-15(22)13-8-19-17(24)21(16(13)23)9-12-3-2-6-25-12/h2-8H,9H2,1H3,(H,19,24)(H,20,22). The number of nitrogens with zero attached hydrogens (tertiary/aromatic N) is 1. The number of thiophene rings is 1. The van der Waals surface area contributed by atoms with Gasteiger partial charge in [0, 0.05) is 21.8 Å². The second kappa shape index (κ2) is 7.08. The Morgan fingerprint density at radius 3 is 2.84 bits per heavy atom. The first-order chi connectivity index (χ1) is 12.0. The van der Waals surface area contributed by atoms with Gasteiger partial charge in [0.2, 0.25) is 0 Å². The van der Waals surface area contributed by atoms with E-state index < -0.39 is 17.2 Å². The van der Waals surface area contributed by atoms with Crippen molar-refractivity contribution < 1.29 is 4.79 Å². The van der Waals surface area contributed by atoms with E-state index in [0.717, 1.165) is 21.2 Å². The predicted molar refractivity (Wildman–Crippen MR) is 98.9 cm³/mol. The minimum absolute atomic E-state index is 0.114. The highest BCUT2D eigenvalue weighted by molar-refractivity contribution is 7.09. The molecular formula is C17H14ClN3O3S. The lowest BCUT2D eigenvalue weighted by molar-refractivity contribution is 0.102.